The highest BCUT2D eigenvalue weighted by atomic mass is 79.9. The van der Waals surface area contributed by atoms with Gasteiger partial charge in [0.1, 0.15) is 4.60 Å². The Bertz CT molecular complexity index is 352. The number of amides is 1. The minimum atomic E-state index is -0.108. The van der Waals surface area contributed by atoms with Crippen molar-refractivity contribution < 1.29 is 4.79 Å². The predicted octanol–water partition coefficient (Wildman–Crippen LogP) is 0.674. The summed E-state index contributed by atoms with van der Waals surface area (Å²) in [5.41, 5.74) is 6.14. The molecule has 74 valence electrons. The number of nitrogens with zero attached hydrogens (tertiary/aromatic N) is 1. The fourth-order valence-corrected chi connectivity index (χ4v) is 1.38. The standard InChI is InChI=1S/C9H10BrN3O/c10-8-2-1-5(4-12-8)9(14)13-7-3-6(7)11/h1-2,4,6-7H,3,11H2,(H,13,14). The number of nitrogens with two attached hydrogens (primary N) is 1. The third-order valence-corrected chi connectivity index (χ3v) is 2.61. The summed E-state index contributed by atoms with van der Waals surface area (Å²) in [6, 6.07) is 3.73. The molecular formula is C9H10BrN3O. The molecule has 0 radical (unpaired) electrons. The van der Waals surface area contributed by atoms with Gasteiger partial charge in [-0.3, -0.25) is 4.79 Å². The van der Waals surface area contributed by atoms with Crippen LogP contribution in [-0.4, -0.2) is 23.0 Å². The first-order valence-electron chi connectivity index (χ1n) is 4.35. The molecule has 0 spiro atoms. The van der Waals surface area contributed by atoms with Crippen molar-refractivity contribution in [3.8, 4) is 0 Å². The largest absolute Gasteiger partial charge is 0.348 e. The molecule has 2 unspecified atom stereocenters. The number of hydrogen-bond acceptors (Lipinski definition) is 3. The summed E-state index contributed by atoms with van der Waals surface area (Å²) in [5, 5.41) is 2.82. The normalized spacial score (nSPS) is 24.4. The summed E-state index contributed by atoms with van der Waals surface area (Å²) >= 11 is 3.20. The van der Waals surface area contributed by atoms with E-state index in [0.717, 1.165) is 11.0 Å². The highest BCUT2D eigenvalue weighted by Crippen LogP contribution is 2.18. The minimum Gasteiger partial charge on any atom is -0.348 e. The molecule has 4 nitrogen and oxygen atoms in total. The Morgan fingerprint density at radius 1 is 1.64 bits per heavy atom. The van der Waals surface area contributed by atoms with Crippen molar-refractivity contribution in [3.05, 3.63) is 28.5 Å². The lowest BCUT2D eigenvalue weighted by Crippen LogP contribution is -2.29. The zero-order valence-electron chi connectivity index (χ0n) is 7.40. The van der Waals surface area contributed by atoms with Crippen molar-refractivity contribution in [2.75, 3.05) is 0 Å². The number of hydrogen-bond donors (Lipinski definition) is 2. The zero-order chi connectivity index (χ0) is 10.1. The first-order chi connectivity index (χ1) is 6.66. The Hall–Kier alpha value is -0.940. The molecule has 1 saturated carbocycles. The fraction of sp³-hybridized carbons (Fsp3) is 0.333. The van der Waals surface area contributed by atoms with E-state index in [1.54, 1.807) is 12.1 Å². The lowest BCUT2D eigenvalue weighted by atomic mass is 10.3. The van der Waals surface area contributed by atoms with Crippen LogP contribution >= 0.6 is 15.9 Å². The molecule has 2 atom stereocenters. The molecule has 2 rings (SSSR count). The molecule has 0 aliphatic heterocycles. The summed E-state index contributed by atoms with van der Waals surface area (Å²) in [6.45, 7) is 0. The van der Waals surface area contributed by atoms with Crippen LogP contribution in [-0.2, 0) is 0 Å². The number of nitrogens with one attached hydrogen (secondary N) is 1. The number of pyridine rings is 1. The van der Waals surface area contributed by atoms with E-state index in [0.29, 0.717) is 5.56 Å². The predicted molar refractivity (Wildman–Crippen MR) is 55.8 cm³/mol. The van der Waals surface area contributed by atoms with Crippen LogP contribution in [0.4, 0.5) is 0 Å². The molecular weight excluding hydrogens is 246 g/mol. The second-order valence-electron chi connectivity index (χ2n) is 3.35. The second-order valence-corrected chi connectivity index (χ2v) is 4.16. The highest BCUT2D eigenvalue weighted by molar-refractivity contribution is 9.10. The van der Waals surface area contributed by atoms with E-state index in [1.165, 1.54) is 6.20 Å². The summed E-state index contributed by atoms with van der Waals surface area (Å²) in [7, 11) is 0. The lowest BCUT2D eigenvalue weighted by Gasteiger charge is -2.02. The molecule has 1 aliphatic carbocycles. The van der Waals surface area contributed by atoms with Gasteiger partial charge >= 0.3 is 0 Å². The van der Waals surface area contributed by atoms with Crippen LogP contribution in [0.5, 0.6) is 0 Å². The topological polar surface area (TPSA) is 68.0 Å². The Morgan fingerprint density at radius 2 is 2.36 bits per heavy atom. The third-order valence-electron chi connectivity index (χ3n) is 2.15. The number of carbonyl (C=O) groups is 1. The molecule has 0 aromatic carbocycles. The summed E-state index contributed by atoms with van der Waals surface area (Å²) < 4.78 is 0.720. The van der Waals surface area contributed by atoms with E-state index in [2.05, 4.69) is 26.2 Å². The zero-order valence-corrected chi connectivity index (χ0v) is 8.99. The molecule has 0 saturated heterocycles. The molecule has 14 heavy (non-hydrogen) atoms. The average molecular weight is 256 g/mol. The summed E-state index contributed by atoms with van der Waals surface area (Å²) in [5.74, 6) is -0.108. The Kier molecular flexibility index (Phi) is 2.52. The Balaban J connectivity index is 2.00. The summed E-state index contributed by atoms with van der Waals surface area (Å²) in [6.07, 6.45) is 2.41. The van der Waals surface area contributed by atoms with Crippen molar-refractivity contribution in [1.29, 1.82) is 0 Å². The van der Waals surface area contributed by atoms with Crippen molar-refractivity contribution in [2.24, 2.45) is 5.73 Å². The SMILES string of the molecule is NC1CC1NC(=O)c1ccc(Br)nc1. The van der Waals surface area contributed by atoms with E-state index in [-0.39, 0.29) is 18.0 Å². The first kappa shape index (κ1) is 9.61. The molecule has 1 aromatic rings. The quantitative estimate of drug-likeness (QED) is 0.764. The van der Waals surface area contributed by atoms with Gasteiger partial charge in [-0.15, -0.1) is 0 Å². The van der Waals surface area contributed by atoms with Crippen LogP contribution in [0.1, 0.15) is 16.8 Å². The van der Waals surface area contributed by atoms with E-state index >= 15 is 0 Å². The first-order valence-corrected chi connectivity index (χ1v) is 5.14. The number of halogens is 1. The van der Waals surface area contributed by atoms with E-state index in [4.69, 9.17) is 5.73 Å². The van der Waals surface area contributed by atoms with E-state index < -0.39 is 0 Å². The van der Waals surface area contributed by atoms with Gasteiger partial charge in [0.2, 0.25) is 0 Å². The van der Waals surface area contributed by atoms with Gasteiger partial charge in [-0.2, -0.15) is 0 Å². The second kappa shape index (κ2) is 3.67. The van der Waals surface area contributed by atoms with Gasteiger partial charge in [0.25, 0.3) is 5.91 Å². The van der Waals surface area contributed by atoms with Gasteiger partial charge in [0.05, 0.1) is 5.56 Å². The molecule has 1 fully saturated rings. The molecule has 1 aromatic heterocycles. The number of rotatable bonds is 2. The molecule has 1 aliphatic rings. The van der Waals surface area contributed by atoms with Gasteiger partial charge in [-0.1, -0.05) is 0 Å². The van der Waals surface area contributed by atoms with Crippen LogP contribution in [0.2, 0.25) is 0 Å². The van der Waals surface area contributed by atoms with Crippen molar-refractivity contribution in [3.63, 3.8) is 0 Å². The maximum absolute atomic E-state index is 11.5. The molecule has 1 amide bonds. The van der Waals surface area contributed by atoms with Crippen LogP contribution in [0, 0.1) is 0 Å². The smallest absolute Gasteiger partial charge is 0.253 e. The van der Waals surface area contributed by atoms with Crippen molar-refractivity contribution in [1.82, 2.24) is 10.3 Å². The van der Waals surface area contributed by atoms with Crippen LogP contribution < -0.4 is 11.1 Å². The molecule has 3 N–H and O–H groups in total. The maximum Gasteiger partial charge on any atom is 0.253 e. The van der Waals surface area contributed by atoms with Gasteiger partial charge in [-0.05, 0) is 34.5 Å². The van der Waals surface area contributed by atoms with Gasteiger partial charge in [-0.25, -0.2) is 4.98 Å². The summed E-state index contributed by atoms with van der Waals surface area (Å²) in [4.78, 5) is 15.5. The third kappa shape index (κ3) is 2.10. The molecule has 0 bridgehead atoms. The van der Waals surface area contributed by atoms with Gasteiger partial charge in [0, 0.05) is 18.3 Å². The van der Waals surface area contributed by atoms with Crippen molar-refractivity contribution >= 4 is 21.8 Å². The fourth-order valence-electron chi connectivity index (χ4n) is 1.14. The Morgan fingerprint density at radius 3 is 2.86 bits per heavy atom. The number of carbonyl (C=O) groups excluding carboxylic acids is 1. The van der Waals surface area contributed by atoms with Gasteiger partial charge < -0.3 is 11.1 Å². The maximum atomic E-state index is 11.5. The molecule has 1 heterocycles. The number of aromatic nitrogens is 1. The van der Waals surface area contributed by atoms with Crippen LogP contribution in [0.25, 0.3) is 0 Å². The van der Waals surface area contributed by atoms with E-state index in [1.807, 2.05) is 0 Å². The van der Waals surface area contributed by atoms with Crippen LogP contribution in [0.3, 0.4) is 0 Å². The monoisotopic (exact) mass is 255 g/mol. The van der Waals surface area contributed by atoms with Crippen molar-refractivity contribution in [2.45, 2.75) is 18.5 Å². The Labute approximate surface area is 90.0 Å². The average Bonchev–Trinajstić information content (AvgIpc) is 2.82. The minimum absolute atomic E-state index is 0.108. The van der Waals surface area contributed by atoms with E-state index in [9.17, 15) is 4.79 Å². The van der Waals surface area contributed by atoms with Crippen LogP contribution in [0.15, 0.2) is 22.9 Å². The highest BCUT2D eigenvalue weighted by Gasteiger charge is 2.34. The molecule has 5 heteroatoms. The van der Waals surface area contributed by atoms with Gasteiger partial charge in [0.15, 0.2) is 0 Å². The lowest BCUT2D eigenvalue weighted by molar-refractivity contribution is 0.0950.